The van der Waals surface area contributed by atoms with E-state index >= 15 is 0 Å². The maximum atomic E-state index is 6.26. The van der Waals surface area contributed by atoms with Crippen LogP contribution < -0.4 is 4.90 Å². The van der Waals surface area contributed by atoms with E-state index in [0.717, 1.165) is 39.0 Å². The standard InChI is InChI=1S/C57H37NO/c1-2-13-38(14-3-1)39-27-31-43(32-28-39)58(45-35-36-55-49(37-45)47-17-7-11-24-54(47)59-55)44-33-29-40(30-34-44)46-19-12-23-53-56(46)48-18-6-10-22-52(48)57(53)50-20-8-4-15-41(50)25-26-42-16-5-9-21-51(42)57/h1-37H. The van der Waals surface area contributed by atoms with Crippen LogP contribution in [0.2, 0.25) is 0 Å². The van der Waals surface area contributed by atoms with E-state index in [9.17, 15) is 0 Å². The SMILES string of the molecule is C1=Cc2ccccc2C2(c3ccccc31)c1ccccc1-c1c(-c3ccc(N(c4ccc(-c5ccccc5)cc4)c4ccc5oc6ccccc6c5c4)cc3)cccc12. The number of rotatable bonds is 5. The maximum absolute atomic E-state index is 6.26. The van der Waals surface area contributed by atoms with Crippen molar-refractivity contribution in [1.82, 2.24) is 0 Å². The number of para-hydroxylation sites is 1. The van der Waals surface area contributed by atoms with E-state index in [1.807, 2.05) is 12.1 Å². The van der Waals surface area contributed by atoms with Crippen molar-refractivity contribution in [3.63, 3.8) is 0 Å². The average molecular weight is 752 g/mol. The number of anilines is 3. The molecule has 9 aromatic carbocycles. The summed E-state index contributed by atoms with van der Waals surface area (Å²) in [7, 11) is 0. The number of furan rings is 1. The van der Waals surface area contributed by atoms with Crippen molar-refractivity contribution in [1.29, 1.82) is 0 Å². The van der Waals surface area contributed by atoms with E-state index < -0.39 is 5.41 Å². The lowest BCUT2D eigenvalue weighted by atomic mass is 9.66. The molecule has 0 aliphatic heterocycles. The van der Waals surface area contributed by atoms with Crippen LogP contribution in [0.1, 0.15) is 33.4 Å². The highest BCUT2D eigenvalue weighted by Gasteiger charge is 2.49. The van der Waals surface area contributed by atoms with Gasteiger partial charge < -0.3 is 9.32 Å². The van der Waals surface area contributed by atoms with Gasteiger partial charge in [0.1, 0.15) is 11.2 Å². The second kappa shape index (κ2) is 13.2. The number of hydrogen-bond acceptors (Lipinski definition) is 2. The first kappa shape index (κ1) is 33.5. The van der Waals surface area contributed by atoms with Crippen LogP contribution in [0, 0.1) is 0 Å². The molecule has 0 N–H and O–H groups in total. The molecule has 1 aromatic heterocycles. The van der Waals surface area contributed by atoms with Gasteiger partial charge in [-0.25, -0.2) is 0 Å². The highest BCUT2D eigenvalue weighted by Crippen LogP contribution is 2.60. The predicted octanol–water partition coefficient (Wildman–Crippen LogP) is 15.2. The molecule has 0 atom stereocenters. The molecule has 2 heteroatoms. The third-order valence-electron chi connectivity index (χ3n) is 12.5. The molecular formula is C57H37NO. The summed E-state index contributed by atoms with van der Waals surface area (Å²) < 4.78 is 6.26. The fraction of sp³-hybridized carbons (Fsp3) is 0.0175. The summed E-state index contributed by atoms with van der Waals surface area (Å²) in [5, 5.41) is 2.22. The fourth-order valence-electron chi connectivity index (χ4n) is 9.97. The molecular weight excluding hydrogens is 715 g/mol. The van der Waals surface area contributed by atoms with E-state index in [2.05, 4.69) is 217 Å². The van der Waals surface area contributed by atoms with Crippen LogP contribution in [0.25, 0.3) is 67.5 Å². The van der Waals surface area contributed by atoms with Crippen LogP contribution in [0.15, 0.2) is 217 Å². The predicted molar refractivity (Wildman–Crippen MR) is 246 cm³/mol. The Hall–Kier alpha value is -7.68. The average Bonchev–Trinajstić information content (AvgIpc) is 3.78. The maximum Gasteiger partial charge on any atom is 0.135 e. The molecule has 0 unspecified atom stereocenters. The van der Waals surface area contributed by atoms with Crippen molar-refractivity contribution in [3.05, 3.63) is 246 Å². The molecule has 276 valence electrons. The monoisotopic (exact) mass is 751 g/mol. The lowest BCUT2D eigenvalue weighted by molar-refractivity contribution is 0.669. The van der Waals surface area contributed by atoms with E-state index in [0.29, 0.717) is 0 Å². The minimum atomic E-state index is -0.461. The summed E-state index contributed by atoms with van der Waals surface area (Å²) in [6.45, 7) is 0. The third kappa shape index (κ3) is 5.06. The first-order valence-corrected chi connectivity index (χ1v) is 20.3. The molecule has 1 spiro atoms. The molecule has 0 fully saturated rings. The molecule has 2 aliphatic carbocycles. The van der Waals surface area contributed by atoms with Gasteiger partial charge in [0.15, 0.2) is 0 Å². The largest absolute Gasteiger partial charge is 0.456 e. The summed E-state index contributed by atoms with van der Waals surface area (Å²) in [5.74, 6) is 0. The van der Waals surface area contributed by atoms with Gasteiger partial charge in [0, 0.05) is 27.8 Å². The van der Waals surface area contributed by atoms with E-state index in [1.54, 1.807) is 0 Å². The summed E-state index contributed by atoms with van der Waals surface area (Å²) in [4.78, 5) is 2.35. The van der Waals surface area contributed by atoms with Gasteiger partial charge in [0.2, 0.25) is 0 Å². The summed E-state index contributed by atoms with van der Waals surface area (Å²) in [6, 6.07) is 77.3. The van der Waals surface area contributed by atoms with Crippen LogP contribution in [-0.4, -0.2) is 0 Å². The molecule has 2 aliphatic rings. The Morgan fingerprint density at radius 2 is 0.864 bits per heavy atom. The van der Waals surface area contributed by atoms with Gasteiger partial charge in [0.25, 0.3) is 0 Å². The zero-order valence-electron chi connectivity index (χ0n) is 32.2. The first-order chi connectivity index (χ1) is 29.3. The zero-order valence-corrected chi connectivity index (χ0v) is 32.2. The van der Waals surface area contributed by atoms with Crippen molar-refractivity contribution in [2.45, 2.75) is 5.41 Å². The van der Waals surface area contributed by atoms with Crippen LogP contribution in [0.3, 0.4) is 0 Å². The van der Waals surface area contributed by atoms with Crippen molar-refractivity contribution in [3.8, 4) is 33.4 Å². The number of fused-ring (bicyclic) bond motifs is 12. The van der Waals surface area contributed by atoms with Gasteiger partial charge in [-0.2, -0.15) is 0 Å². The number of hydrogen-bond donors (Lipinski definition) is 0. The summed E-state index contributed by atoms with van der Waals surface area (Å²) >= 11 is 0. The second-order valence-corrected chi connectivity index (χ2v) is 15.6. The lowest BCUT2D eigenvalue weighted by Crippen LogP contribution is -2.29. The van der Waals surface area contributed by atoms with Crippen molar-refractivity contribution >= 4 is 51.2 Å². The van der Waals surface area contributed by atoms with Crippen molar-refractivity contribution in [2.75, 3.05) is 4.90 Å². The molecule has 59 heavy (non-hydrogen) atoms. The summed E-state index contributed by atoms with van der Waals surface area (Å²) in [6.07, 6.45) is 4.58. The molecule has 0 saturated carbocycles. The van der Waals surface area contributed by atoms with Crippen LogP contribution in [0.4, 0.5) is 17.1 Å². The highest BCUT2D eigenvalue weighted by atomic mass is 16.3. The summed E-state index contributed by atoms with van der Waals surface area (Å²) in [5.41, 5.74) is 19.7. The Balaban J connectivity index is 1.02. The van der Waals surface area contributed by atoms with Gasteiger partial charge in [-0.1, -0.05) is 176 Å². The normalized spacial score (nSPS) is 13.2. The molecule has 10 aromatic rings. The van der Waals surface area contributed by atoms with Gasteiger partial charge in [-0.15, -0.1) is 0 Å². The minimum Gasteiger partial charge on any atom is -0.456 e. The number of nitrogens with zero attached hydrogens (tertiary/aromatic N) is 1. The second-order valence-electron chi connectivity index (χ2n) is 15.6. The first-order valence-electron chi connectivity index (χ1n) is 20.3. The lowest BCUT2D eigenvalue weighted by Gasteiger charge is -2.35. The topological polar surface area (TPSA) is 16.4 Å². The van der Waals surface area contributed by atoms with E-state index in [1.165, 1.54) is 66.8 Å². The van der Waals surface area contributed by atoms with Crippen molar-refractivity contribution < 1.29 is 4.42 Å². The fourth-order valence-corrected chi connectivity index (χ4v) is 9.97. The molecule has 2 nitrogen and oxygen atoms in total. The van der Waals surface area contributed by atoms with Gasteiger partial charge >= 0.3 is 0 Å². The quantitative estimate of drug-likeness (QED) is 0.174. The molecule has 0 bridgehead atoms. The van der Waals surface area contributed by atoms with Crippen LogP contribution in [0.5, 0.6) is 0 Å². The number of benzene rings is 9. The molecule has 0 radical (unpaired) electrons. The zero-order chi connectivity index (χ0) is 38.9. The molecule has 12 rings (SSSR count). The smallest absolute Gasteiger partial charge is 0.135 e. The van der Waals surface area contributed by atoms with E-state index in [-0.39, 0.29) is 0 Å². The van der Waals surface area contributed by atoms with Crippen molar-refractivity contribution in [2.24, 2.45) is 0 Å². The third-order valence-corrected chi connectivity index (χ3v) is 12.5. The Labute approximate surface area is 343 Å². The highest BCUT2D eigenvalue weighted by molar-refractivity contribution is 6.06. The van der Waals surface area contributed by atoms with Crippen LogP contribution >= 0.6 is 0 Å². The Morgan fingerprint density at radius 3 is 1.59 bits per heavy atom. The van der Waals surface area contributed by atoms with Gasteiger partial charge in [-0.3, -0.25) is 0 Å². The minimum absolute atomic E-state index is 0.461. The van der Waals surface area contributed by atoms with Crippen LogP contribution in [-0.2, 0) is 5.41 Å². The molecule has 0 amide bonds. The van der Waals surface area contributed by atoms with Gasteiger partial charge in [-0.05, 0) is 115 Å². The molecule has 0 saturated heterocycles. The Kier molecular flexibility index (Phi) is 7.48. The Morgan fingerprint density at radius 1 is 0.339 bits per heavy atom. The Bertz CT molecular complexity index is 3210. The van der Waals surface area contributed by atoms with Gasteiger partial charge in [0.05, 0.1) is 5.41 Å². The van der Waals surface area contributed by atoms with E-state index in [4.69, 9.17) is 4.42 Å². The molecule has 1 heterocycles.